The monoisotopic (exact) mass is 434 g/mol. The average Bonchev–Trinajstić information content (AvgIpc) is 3.32. The molecule has 1 aliphatic heterocycles. The summed E-state index contributed by atoms with van der Waals surface area (Å²) in [6.07, 6.45) is 1.22. The van der Waals surface area contributed by atoms with Crippen molar-refractivity contribution in [3.05, 3.63) is 40.9 Å². The Hall–Kier alpha value is -2.59. The number of thioether (sulfide) groups is 1. The first-order valence-corrected chi connectivity index (χ1v) is 10.9. The molecule has 0 saturated carbocycles. The van der Waals surface area contributed by atoms with Crippen molar-refractivity contribution in [2.75, 3.05) is 18.9 Å². The van der Waals surface area contributed by atoms with Gasteiger partial charge >= 0.3 is 5.97 Å². The van der Waals surface area contributed by atoms with Gasteiger partial charge in [0.1, 0.15) is 0 Å². The van der Waals surface area contributed by atoms with Gasteiger partial charge in [0.25, 0.3) is 5.91 Å². The van der Waals surface area contributed by atoms with Gasteiger partial charge in [-0.25, -0.2) is 9.78 Å². The second-order valence-corrected chi connectivity index (χ2v) is 8.98. The molecule has 1 saturated heterocycles. The molecular formula is C19H22N4O4S2. The second kappa shape index (κ2) is 9.27. The molecule has 1 aromatic heterocycles. The Bertz CT molecular complexity index is 917. The van der Waals surface area contributed by atoms with Crippen molar-refractivity contribution in [3.8, 4) is 0 Å². The van der Waals surface area contributed by atoms with Crippen LogP contribution in [0.1, 0.15) is 40.6 Å². The van der Waals surface area contributed by atoms with Crippen molar-refractivity contribution < 1.29 is 19.5 Å². The average molecular weight is 435 g/mol. The molecule has 1 unspecified atom stereocenters. The highest BCUT2D eigenvalue weighted by atomic mass is 32.2. The van der Waals surface area contributed by atoms with Gasteiger partial charge in [0.15, 0.2) is 10.0 Å². The number of carbonyl (C=O) groups excluding carboxylic acids is 2. The standard InChI is InChI=1S/C19H22N4O4S2/c1-11(29-19-22-15(10-28-19)18(26)27)23-14(6-7-16(23)24)9-21-13-5-3-4-12(8-13)17(25)20-2/h3-5,8,10-11,14,21H,6-7,9H2,1-2H3,(H,20,25)(H,26,27)/t11?,14-/m1/s1. The molecule has 154 valence electrons. The summed E-state index contributed by atoms with van der Waals surface area (Å²) in [7, 11) is 1.59. The predicted octanol–water partition coefficient (Wildman–Crippen LogP) is 2.74. The molecule has 0 aliphatic carbocycles. The molecule has 2 amide bonds. The van der Waals surface area contributed by atoms with Crippen LogP contribution in [0.2, 0.25) is 0 Å². The quantitative estimate of drug-likeness (QED) is 0.548. The van der Waals surface area contributed by atoms with Gasteiger partial charge in [-0.2, -0.15) is 0 Å². The van der Waals surface area contributed by atoms with Gasteiger partial charge in [-0.15, -0.1) is 11.3 Å². The highest BCUT2D eigenvalue weighted by Crippen LogP contribution is 2.33. The summed E-state index contributed by atoms with van der Waals surface area (Å²) in [4.78, 5) is 41.2. The molecule has 1 fully saturated rings. The molecule has 1 aliphatic rings. The molecule has 29 heavy (non-hydrogen) atoms. The summed E-state index contributed by atoms with van der Waals surface area (Å²) in [5.41, 5.74) is 1.40. The second-order valence-electron chi connectivity index (χ2n) is 6.56. The van der Waals surface area contributed by atoms with Crippen LogP contribution in [0.25, 0.3) is 0 Å². The molecule has 0 spiro atoms. The topological polar surface area (TPSA) is 112 Å². The number of nitrogens with one attached hydrogen (secondary N) is 2. The zero-order valence-corrected chi connectivity index (χ0v) is 17.7. The third kappa shape index (κ3) is 5.07. The maximum Gasteiger partial charge on any atom is 0.355 e. The van der Waals surface area contributed by atoms with Crippen LogP contribution in [0.5, 0.6) is 0 Å². The van der Waals surface area contributed by atoms with Crippen molar-refractivity contribution in [1.82, 2.24) is 15.2 Å². The first kappa shape index (κ1) is 21.1. The van der Waals surface area contributed by atoms with E-state index in [4.69, 9.17) is 5.11 Å². The van der Waals surface area contributed by atoms with Gasteiger partial charge in [0.05, 0.1) is 11.4 Å². The van der Waals surface area contributed by atoms with Crippen molar-refractivity contribution in [1.29, 1.82) is 0 Å². The first-order chi connectivity index (χ1) is 13.9. The fraction of sp³-hybridized carbons (Fsp3) is 0.368. The van der Waals surface area contributed by atoms with E-state index in [1.807, 2.05) is 24.0 Å². The number of thiazole rings is 1. The van der Waals surface area contributed by atoms with Crippen molar-refractivity contribution in [2.24, 2.45) is 0 Å². The van der Waals surface area contributed by atoms with Crippen LogP contribution in [-0.2, 0) is 4.79 Å². The number of carbonyl (C=O) groups is 3. The number of carboxylic acids is 1. The molecular weight excluding hydrogens is 412 g/mol. The molecule has 8 nitrogen and oxygen atoms in total. The first-order valence-electron chi connectivity index (χ1n) is 9.11. The van der Waals surface area contributed by atoms with E-state index in [9.17, 15) is 14.4 Å². The number of hydrogen-bond donors (Lipinski definition) is 3. The lowest BCUT2D eigenvalue weighted by Crippen LogP contribution is -2.42. The lowest BCUT2D eigenvalue weighted by atomic mass is 10.1. The van der Waals surface area contributed by atoms with E-state index in [2.05, 4.69) is 15.6 Å². The largest absolute Gasteiger partial charge is 0.476 e. The van der Waals surface area contributed by atoms with Crippen molar-refractivity contribution in [3.63, 3.8) is 0 Å². The van der Waals surface area contributed by atoms with E-state index < -0.39 is 5.97 Å². The molecule has 3 rings (SSSR count). The SMILES string of the molecule is CNC(=O)c1cccc(NC[C@H]2CCC(=O)N2C(C)Sc2nc(C(=O)O)cs2)c1. The molecule has 3 N–H and O–H groups in total. The van der Waals surface area contributed by atoms with Gasteiger partial charge in [0, 0.05) is 36.6 Å². The fourth-order valence-corrected chi connectivity index (χ4v) is 5.37. The number of hydrogen-bond acceptors (Lipinski definition) is 7. The zero-order chi connectivity index (χ0) is 21.0. The minimum absolute atomic E-state index is 0.00700. The molecule has 0 bridgehead atoms. The maximum absolute atomic E-state index is 12.4. The van der Waals surface area contributed by atoms with Crippen molar-refractivity contribution in [2.45, 2.75) is 35.5 Å². The Kier molecular flexibility index (Phi) is 6.75. The fourth-order valence-electron chi connectivity index (χ4n) is 3.22. The van der Waals surface area contributed by atoms with Gasteiger partial charge < -0.3 is 20.6 Å². The van der Waals surface area contributed by atoms with Crippen LogP contribution >= 0.6 is 23.1 Å². The van der Waals surface area contributed by atoms with Gasteiger partial charge in [-0.05, 0) is 31.5 Å². The smallest absolute Gasteiger partial charge is 0.355 e. The number of rotatable bonds is 8. The number of nitrogens with zero attached hydrogens (tertiary/aromatic N) is 2. The molecule has 10 heteroatoms. The van der Waals surface area contributed by atoms with Crippen LogP contribution in [-0.4, -0.2) is 57.8 Å². The van der Waals surface area contributed by atoms with E-state index >= 15 is 0 Å². The number of benzene rings is 1. The van der Waals surface area contributed by atoms with E-state index in [-0.39, 0.29) is 28.9 Å². The highest BCUT2D eigenvalue weighted by Gasteiger charge is 2.35. The Balaban J connectivity index is 1.63. The summed E-state index contributed by atoms with van der Waals surface area (Å²) < 4.78 is 0.625. The Labute approximate surface area is 176 Å². The van der Waals surface area contributed by atoms with Crippen LogP contribution in [0.15, 0.2) is 34.0 Å². The maximum atomic E-state index is 12.4. The van der Waals surface area contributed by atoms with E-state index in [0.717, 1.165) is 12.1 Å². The Morgan fingerprint density at radius 1 is 1.45 bits per heavy atom. The molecule has 1 aromatic carbocycles. The summed E-state index contributed by atoms with van der Waals surface area (Å²) in [6.45, 7) is 2.49. The normalized spacial score (nSPS) is 17.2. The number of aromatic nitrogens is 1. The van der Waals surface area contributed by atoms with Crippen LogP contribution in [0.3, 0.4) is 0 Å². The van der Waals surface area contributed by atoms with E-state index in [1.54, 1.807) is 19.2 Å². The molecule has 2 aromatic rings. The van der Waals surface area contributed by atoms with Crippen LogP contribution in [0, 0.1) is 0 Å². The van der Waals surface area contributed by atoms with Gasteiger partial charge in [0.2, 0.25) is 5.91 Å². The summed E-state index contributed by atoms with van der Waals surface area (Å²) >= 11 is 2.65. The number of aromatic carboxylic acids is 1. The third-order valence-electron chi connectivity index (χ3n) is 4.63. The molecule has 0 radical (unpaired) electrons. The number of likely N-dealkylation sites (tertiary alicyclic amines) is 1. The minimum atomic E-state index is -1.06. The summed E-state index contributed by atoms with van der Waals surface area (Å²) in [5, 5.41) is 16.3. The number of carboxylic acid groups (broad SMARTS) is 1. The number of amides is 2. The van der Waals surface area contributed by atoms with E-state index in [0.29, 0.717) is 22.9 Å². The lowest BCUT2D eigenvalue weighted by molar-refractivity contribution is -0.129. The van der Waals surface area contributed by atoms with Crippen molar-refractivity contribution >= 4 is 46.6 Å². The molecule has 2 atom stereocenters. The Morgan fingerprint density at radius 2 is 2.24 bits per heavy atom. The summed E-state index contributed by atoms with van der Waals surface area (Å²) in [5.74, 6) is -1.13. The predicted molar refractivity (Wildman–Crippen MR) is 113 cm³/mol. The summed E-state index contributed by atoms with van der Waals surface area (Å²) in [6, 6.07) is 7.22. The van der Waals surface area contributed by atoms with Crippen LogP contribution in [0.4, 0.5) is 5.69 Å². The Morgan fingerprint density at radius 3 is 2.93 bits per heavy atom. The zero-order valence-electron chi connectivity index (χ0n) is 16.0. The highest BCUT2D eigenvalue weighted by molar-refractivity contribution is 8.01. The van der Waals surface area contributed by atoms with Gasteiger partial charge in [-0.3, -0.25) is 9.59 Å². The molecule has 2 heterocycles. The lowest BCUT2D eigenvalue weighted by Gasteiger charge is -2.30. The van der Waals surface area contributed by atoms with Crippen LogP contribution < -0.4 is 10.6 Å². The van der Waals surface area contributed by atoms with Gasteiger partial charge in [-0.1, -0.05) is 17.8 Å². The van der Waals surface area contributed by atoms with E-state index in [1.165, 1.54) is 28.5 Å². The number of anilines is 1. The third-order valence-corrected chi connectivity index (χ3v) is 6.70. The minimum Gasteiger partial charge on any atom is -0.476 e.